The van der Waals surface area contributed by atoms with Crippen molar-refractivity contribution in [3.8, 4) is 11.1 Å². The molecule has 0 spiro atoms. The number of carbonyl (C=O) groups excluding carboxylic acids is 1. The molecule has 5 heteroatoms. The Balaban J connectivity index is 1.68. The fourth-order valence-electron chi connectivity index (χ4n) is 3.36. The number of carboxylic acids is 1. The summed E-state index contributed by atoms with van der Waals surface area (Å²) in [4.78, 5) is 23.5. The Morgan fingerprint density at radius 1 is 1.07 bits per heavy atom. The summed E-state index contributed by atoms with van der Waals surface area (Å²) in [6, 6.07) is 15.1. The number of fused-ring (bicyclic) bond motifs is 3. The van der Waals surface area contributed by atoms with E-state index >= 15 is 0 Å². The van der Waals surface area contributed by atoms with Crippen molar-refractivity contribution in [2.75, 3.05) is 6.61 Å². The van der Waals surface area contributed by atoms with Gasteiger partial charge >= 0.3 is 12.1 Å². The van der Waals surface area contributed by atoms with Crippen molar-refractivity contribution >= 4 is 12.1 Å². The number of rotatable bonds is 6. The van der Waals surface area contributed by atoms with Crippen molar-refractivity contribution in [3.05, 3.63) is 71.3 Å². The normalized spacial score (nSPS) is 13.3. The minimum Gasteiger partial charge on any atom is -0.480 e. The summed E-state index contributed by atoms with van der Waals surface area (Å²) in [5.41, 5.74) is 5.52. The number of aliphatic carboxylic acids is 1. The van der Waals surface area contributed by atoms with Crippen molar-refractivity contribution in [2.45, 2.75) is 32.2 Å². The second-order valence-corrected chi connectivity index (χ2v) is 6.88. The Morgan fingerprint density at radius 3 is 2.15 bits per heavy atom. The molecule has 27 heavy (non-hydrogen) atoms. The molecule has 2 aromatic rings. The highest BCUT2D eigenvalue weighted by atomic mass is 16.5. The summed E-state index contributed by atoms with van der Waals surface area (Å²) in [5, 5.41) is 11.7. The van der Waals surface area contributed by atoms with E-state index in [9.17, 15) is 14.7 Å². The molecule has 0 unspecified atom stereocenters. The molecule has 5 nitrogen and oxygen atoms in total. The monoisotopic (exact) mass is 365 g/mol. The Kier molecular flexibility index (Phi) is 5.60. The van der Waals surface area contributed by atoms with Gasteiger partial charge in [-0.1, -0.05) is 60.2 Å². The van der Waals surface area contributed by atoms with Crippen LogP contribution in [0.5, 0.6) is 0 Å². The van der Waals surface area contributed by atoms with E-state index in [2.05, 4.69) is 17.4 Å². The summed E-state index contributed by atoms with van der Waals surface area (Å²) in [6.07, 6.45) is 1.29. The van der Waals surface area contributed by atoms with Crippen LogP contribution in [0.4, 0.5) is 4.79 Å². The number of carbonyl (C=O) groups is 2. The van der Waals surface area contributed by atoms with Crippen LogP contribution in [-0.4, -0.2) is 29.8 Å². The first-order valence-electron chi connectivity index (χ1n) is 8.95. The van der Waals surface area contributed by atoms with Crippen LogP contribution < -0.4 is 5.32 Å². The third-order valence-electron chi connectivity index (χ3n) is 4.70. The predicted molar refractivity (Wildman–Crippen MR) is 104 cm³/mol. The quantitative estimate of drug-likeness (QED) is 0.747. The smallest absolute Gasteiger partial charge is 0.407 e. The molecular weight excluding hydrogens is 342 g/mol. The minimum absolute atomic E-state index is 0.0517. The molecule has 1 atom stereocenters. The molecule has 1 aliphatic rings. The zero-order chi connectivity index (χ0) is 19.4. The van der Waals surface area contributed by atoms with E-state index in [4.69, 9.17) is 4.74 Å². The SMILES string of the molecule is CC(C)=CC[C@@H](NC(=O)OCC1c2ccccc2-c2ccccc21)C(=O)O. The van der Waals surface area contributed by atoms with Crippen molar-refractivity contribution in [2.24, 2.45) is 0 Å². The van der Waals surface area contributed by atoms with Crippen LogP contribution in [0.1, 0.15) is 37.3 Å². The lowest BCUT2D eigenvalue weighted by molar-refractivity contribution is -0.139. The van der Waals surface area contributed by atoms with E-state index in [1.54, 1.807) is 6.08 Å². The molecule has 1 aliphatic carbocycles. The van der Waals surface area contributed by atoms with Crippen molar-refractivity contribution in [1.29, 1.82) is 0 Å². The summed E-state index contributed by atoms with van der Waals surface area (Å²) in [7, 11) is 0. The molecule has 0 bridgehead atoms. The third-order valence-corrected chi connectivity index (χ3v) is 4.70. The molecule has 0 heterocycles. The van der Waals surface area contributed by atoms with E-state index in [1.807, 2.05) is 50.2 Å². The predicted octanol–water partition coefficient (Wildman–Crippen LogP) is 4.33. The fraction of sp³-hybridized carbons (Fsp3) is 0.273. The number of hydrogen-bond donors (Lipinski definition) is 2. The van der Waals surface area contributed by atoms with E-state index in [0.29, 0.717) is 0 Å². The molecular formula is C22H23NO4. The molecule has 0 aromatic heterocycles. The minimum atomic E-state index is -1.08. The molecule has 2 aromatic carbocycles. The van der Waals surface area contributed by atoms with E-state index < -0.39 is 18.1 Å². The molecule has 0 aliphatic heterocycles. The van der Waals surface area contributed by atoms with Gasteiger partial charge in [-0.3, -0.25) is 0 Å². The zero-order valence-corrected chi connectivity index (χ0v) is 15.4. The lowest BCUT2D eigenvalue weighted by Gasteiger charge is -2.17. The van der Waals surface area contributed by atoms with Gasteiger partial charge in [0, 0.05) is 5.92 Å². The molecule has 0 saturated heterocycles. The van der Waals surface area contributed by atoms with Crippen LogP contribution in [0, 0.1) is 0 Å². The molecule has 0 fully saturated rings. The highest BCUT2D eigenvalue weighted by molar-refractivity contribution is 5.81. The van der Waals surface area contributed by atoms with Crippen molar-refractivity contribution < 1.29 is 19.4 Å². The van der Waals surface area contributed by atoms with Crippen LogP contribution in [0.2, 0.25) is 0 Å². The van der Waals surface area contributed by atoms with Gasteiger partial charge in [-0.25, -0.2) is 9.59 Å². The van der Waals surface area contributed by atoms with Gasteiger partial charge in [0.05, 0.1) is 0 Å². The average Bonchev–Trinajstić information content (AvgIpc) is 2.97. The van der Waals surface area contributed by atoms with Gasteiger partial charge in [0.2, 0.25) is 0 Å². The summed E-state index contributed by atoms with van der Waals surface area (Å²) >= 11 is 0. The number of benzene rings is 2. The molecule has 2 N–H and O–H groups in total. The second-order valence-electron chi connectivity index (χ2n) is 6.88. The van der Waals surface area contributed by atoms with Gasteiger partial charge in [-0.2, -0.15) is 0 Å². The number of carboxylic acid groups (broad SMARTS) is 1. The van der Waals surface area contributed by atoms with Crippen molar-refractivity contribution in [1.82, 2.24) is 5.32 Å². The van der Waals surface area contributed by atoms with Gasteiger partial charge in [-0.15, -0.1) is 0 Å². The molecule has 140 valence electrons. The summed E-state index contributed by atoms with van der Waals surface area (Å²) in [5.74, 6) is -1.13. The van der Waals surface area contributed by atoms with Crippen LogP contribution in [0.25, 0.3) is 11.1 Å². The maximum Gasteiger partial charge on any atom is 0.407 e. The Bertz CT molecular complexity index is 838. The molecule has 3 rings (SSSR count). The summed E-state index contributed by atoms with van der Waals surface area (Å²) in [6.45, 7) is 3.92. The van der Waals surface area contributed by atoms with Crippen LogP contribution >= 0.6 is 0 Å². The van der Waals surface area contributed by atoms with Crippen LogP contribution in [0.15, 0.2) is 60.2 Å². The third kappa shape index (κ3) is 4.19. The number of amides is 1. The fourth-order valence-corrected chi connectivity index (χ4v) is 3.36. The van der Waals surface area contributed by atoms with Gasteiger partial charge in [0.15, 0.2) is 0 Å². The zero-order valence-electron chi connectivity index (χ0n) is 15.4. The number of alkyl carbamates (subject to hydrolysis) is 1. The molecule has 0 saturated carbocycles. The first-order chi connectivity index (χ1) is 13.0. The Hall–Kier alpha value is -3.08. The molecule has 1 amide bonds. The first-order valence-corrected chi connectivity index (χ1v) is 8.95. The first kappa shape index (κ1) is 18.7. The van der Waals surface area contributed by atoms with Crippen molar-refractivity contribution in [3.63, 3.8) is 0 Å². The second kappa shape index (κ2) is 8.08. The van der Waals surface area contributed by atoms with Crippen LogP contribution in [0.3, 0.4) is 0 Å². The Labute approximate surface area is 158 Å². The van der Waals surface area contributed by atoms with E-state index in [0.717, 1.165) is 27.8 Å². The standard InChI is InChI=1S/C22H23NO4/c1-14(2)11-12-20(21(24)25)23-22(26)27-13-19-17-9-5-3-7-15(17)16-8-4-6-10-18(16)19/h3-11,19-20H,12-13H2,1-2H3,(H,23,26)(H,24,25)/t20-/m1/s1. The highest BCUT2D eigenvalue weighted by Crippen LogP contribution is 2.44. The largest absolute Gasteiger partial charge is 0.480 e. The van der Waals surface area contributed by atoms with E-state index in [1.165, 1.54) is 0 Å². The number of hydrogen-bond acceptors (Lipinski definition) is 3. The lowest BCUT2D eigenvalue weighted by Crippen LogP contribution is -2.41. The topological polar surface area (TPSA) is 75.6 Å². The molecule has 0 radical (unpaired) electrons. The van der Waals surface area contributed by atoms with E-state index in [-0.39, 0.29) is 18.9 Å². The number of allylic oxidation sites excluding steroid dienone is 1. The van der Waals surface area contributed by atoms with Crippen LogP contribution in [-0.2, 0) is 9.53 Å². The van der Waals surface area contributed by atoms with Gasteiger partial charge in [0.25, 0.3) is 0 Å². The lowest BCUT2D eigenvalue weighted by atomic mass is 9.98. The Morgan fingerprint density at radius 2 is 1.63 bits per heavy atom. The summed E-state index contributed by atoms with van der Waals surface area (Å²) < 4.78 is 5.39. The maximum atomic E-state index is 12.2. The maximum absolute atomic E-state index is 12.2. The average molecular weight is 365 g/mol. The van der Waals surface area contributed by atoms with Gasteiger partial charge in [0.1, 0.15) is 12.6 Å². The number of nitrogens with one attached hydrogen (secondary N) is 1. The number of ether oxygens (including phenoxy) is 1. The van der Waals surface area contributed by atoms with Gasteiger partial charge in [-0.05, 0) is 42.5 Å². The van der Waals surface area contributed by atoms with Gasteiger partial charge < -0.3 is 15.2 Å². The highest BCUT2D eigenvalue weighted by Gasteiger charge is 2.29.